The second-order valence-electron chi connectivity index (χ2n) is 6.02. The van der Waals surface area contributed by atoms with E-state index in [9.17, 15) is 0 Å². The highest BCUT2D eigenvalue weighted by atomic mass is 32.1. The van der Waals surface area contributed by atoms with Gasteiger partial charge < -0.3 is 10.1 Å². The van der Waals surface area contributed by atoms with Crippen molar-refractivity contribution < 1.29 is 4.74 Å². The smallest absolute Gasteiger partial charge is 0.157 e. The number of fused-ring (bicyclic) bond motifs is 3. The molecule has 0 spiro atoms. The van der Waals surface area contributed by atoms with E-state index in [1.54, 1.807) is 18.4 Å². The summed E-state index contributed by atoms with van der Waals surface area (Å²) in [4.78, 5) is 9.25. The van der Waals surface area contributed by atoms with E-state index >= 15 is 0 Å². The number of hydrogen-bond acceptors (Lipinski definition) is 6. The van der Waals surface area contributed by atoms with Gasteiger partial charge in [0.25, 0.3) is 0 Å². The Morgan fingerprint density at radius 1 is 1.07 bits per heavy atom. The number of thiophene rings is 1. The van der Waals surface area contributed by atoms with Gasteiger partial charge >= 0.3 is 0 Å². The number of pyridine rings is 1. The van der Waals surface area contributed by atoms with Crippen LogP contribution in [0.1, 0.15) is 0 Å². The zero-order valence-electron chi connectivity index (χ0n) is 14.4. The Kier molecular flexibility index (Phi) is 3.72. The van der Waals surface area contributed by atoms with E-state index < -0.39 is 0 Å². The maximum atomic E-state index is 5.33. The Bertz CT molecular complexity index is 1250. The van der Waals surface area contributed by atoms with E-state index in [1.807, 2.05) is 36.4 Å². The molecule has 0 bridgehead atoms. The van der Waals surface area contributed by atoms with Gasteiger partial charge in [0.2, 0.25) is 0 Å². The number of hydrogen-bond donors (Lipinski definition) is 2. The van der Waals surface area contributed by atoms with Crippen molar-refractivity contribution in [3.8, 4) is 17.1 Å². The molecular weight excluding hydrogens is 358 g/mol. The quantitative estimate of drug-likeness (QED) is 0.464. The van der Waals surface area contributed by atoms with Crippen molar-refractivity contribution in [1.82, 2.24) is 20.2 Å². The van der Waals surface area contributed by atoms with Crippen molar-refractivity contribution in [3.63, 3.8) is 0 Å². The summed E-state index contributed by atoms with van der Waals surface area (Å²) in [5.41, 5.74) is 2.73. The fraction of sp³-hybridized carbons (Fsp3) is 0.0500. The summed E-state index contributed by atoms with van der Waals surface area (Å²) in [6.07, 6.45) is 1.51. The molecule has 7 heteroatoms. The van der Waals surface area contributed by atoms with Gasteiger partial charge in [0, 0.05) is 32.8 Å². The highest BCUT2D eigenvalue weighted by Gasteiger charge is 2.14. The molecule has 5 aromatic rings. The number of nitrogens with one attached hydrogen (secondary N) is 2. The maximum absolute atomic E-state index is 5.33. The zero-order chi connectivity index (χ0) is 18.2. The minimum atomic E-state index is 0.705. The Hall–Kier alpha value is -3.45. The molecule has 2 N–H and O–H groups in total. The monoisotopic (exact) mass is 373 g/mol. The summed E-state index contributed by atoms with van der Waals surface area (Å²) in [6.45, 7) is 0. The lowest BCUT2D eigenvalue weighted by atomic mass is 10.1. The first-order chi connectivity index (χ1) is 13.3. The minimum Gasteiger partial charge on any atom is -0.497 e. The highest BCUT2D eigenvalue weighted by molar-refractivity contribution is 7.18. The average Bonchev–Trinajstić information content (AvgIpc) is 3.40. The Labute approximate surface area is 158 Å². The summed E-state index contributed by atoms with van der Waals surface area (Å²) < 4.78 is 6.51. The second kappa shape index (κ2) is 6.37. The number of para-hydroxylation sites is 1. The number of benzene rings is 2. The normalized spacial score (nSPS) is 11.1. The van der Waals surface area contributed by atoms with E-state index in [0.717, 1.165) is 39.1 Å². The molecule has 132 valence electrons. The van der Waals surface area contributed by atoms with Crippen molar-refractivity contribution in [2.24, 2.45) is 0 Å². The molecule has 0 radical (unpaired) electrons. The van der Waals surface area contributed by atoms with Gasteiger partial charge in [0.1, 0.15) is 17.9 Å². The molecule has 6 nitrogen and oxygen atoms in total. The SMILES string of the molecule is COc1cccc(Nc2nc3c(-c4ncn[nH]4)cccc3c3sccc23)c1. The summed E-state index contributed by atoms with van der Waals surface area (Å²) in [6, 6.07) is 16.0. The van der Waals surface area contributed by atoms with E-state index in [1.165, 1.54) is 11.0 Å². The largest absolute Gasteiger partial charge is 0.497 e. The third kappa shape index (κ3) is 2.69. The Morgan fingerprint density at radius 3 is 2.85 bits per heavy atom. The number of H-pyrrole nitrogens is 1. The molecule has 0 fully saturated rings. The molecule has 0 atom stereocenters. The van der Waals surface area contributed by atoms with Crippen LogP contribution in [-0.4, -0.2) is 27.3 Å². The molecule has 0 saturated carbocycles. The standard InChI is InChI=1S/C20H15N5OS/c1-26-13-5-2-4-12(10-13)23-20-16-8-9-27-18(16)14-6-3-7-15(17(14)24-20)19-21-11-22-25-19/h2-11H,1H3,(H,23,24)(H,21,22,25). The number of methoxy groups -OCH3 is 1. The first-order valence-electron chi connectivity index (χ1n) is 8.40. The second-order valence-corrected chi connectivity index (χ2v) is 6.93. The molecule has 0 saturated heterocycles. The summed E-state index contributed by atoms with van der Waals surface area (Å²) in [5, 5.41) is 14.6. The predicted octanol–water partition coefficient (Wildman–Crippen LogP) is 4.99. The molecule has 2 aromatic carbocycles. The number of aromatic amines is 1. The van der Waals surface area contributed by atoms with Gasteiger partial charge in [0.05, 0.1) is 12.6 Å². The summed E-state index contributed by atoms with van der Waals surface area (Å²) in [7, 11) is 1.66. The van der Waals surface area contributed by atoms with Crippen molar-refractivity contribution in [2.75, 3.05) is 12.4 Å². The van der Waals surface area contributed by atoms with Gasteiger partial charge in [-0.3, -0.25) is 5.10 Å². The lowest BCUT2D eigenvalue weighted by molar-refractivity contribution is 0.415. The van der Waals surface area contributed by atoms with Crippen LogP contribution < -0.4 is 10.1 Å². The number of anilines is 2. The third-order valence-corrected chi connectivity index (χ3v) is 5.37. The van der Waals surface area contributed by atoms with Gasteiger partial charge in [-0.05, 0) is 29.6 Å². The third-order valence-electron chi connectivity index (χ3n) is 4.43. The zero-order valence-corrected chi connectivity index (χ0v) is 15.2. The van der Waals surface area contributed by atoms with Crippen LogP contribution >= 0.6 is 11.3 Å². The Balaban J connectivity index is 1.73. The van der Waals surface area contributed by atoms with E-state index in [0.29, 0.717) is 5.82 Å². The van der Waals surface area contributed by atoms with Crippen molar-refractivity contribution in [2.45, 2.75) is 0 Å². The van der Waals surface area contributed by atoms with Gasteiger partial charge in [0.15, 0.2) is 5.82 Å². The molecule has 0 aliphatic rings. The van der Waals surface area contributed by atoms with Crippen LogP contribution in [0.3, 0.4) is 0 Å². The molecule has 3 heterocycles. The lowest BCUT2D eigenvalue weighted by Gasteiger charge is -2.12. The first kappa shape index (κ1) is 15.8. The number of rotatable bonds is 4. The summed E-state index contributed by atoms with van der Waals surface area (Å²) in [5.74, 6) is 2.31. The number of ether oxygens (including phenoxy) is 1. The van der Waals surface area contributed by atoms with Gasteiger partial charge in [-0.25, -0.2) is 9.97 Å². The van der Waals surface area contributed by atoms with Crippen LogP contribution in [0.25, 0.3) is 32.4 Å². The van der Waals surface area contributed by atoms with Crippen LogP contribution in [0.4, 0.5) is 11.5 Å². The molecule has 0 aliphatic carbocycles. The van der Waals surface area contributed by atoms with E-state index in [2.05, 4.69) is 38.0 Å². The molecule has 0 aliphatic heterocycles. The average molecular weight is 373 g/mol. The first-order valence-corrected chi connectivity index (χ1v) is 9.28. The molecule has 0 unspecified atom stereocenters. The van der Waals surface area contributed by atoms with Crippen molar-refractivity contribution in [1.29, 1.82) is 0 Å². The van der Waals surface area contributed by atoms with Crippen LogP contribution in [0.5, 0.6) is 5.75 Å². The molecular formula is C20H15N5OS. The predicted molar refractivity (Wildman–Crippen MR) is 109 cm³/mol. The highest BCUT2D eigenvalue weighted by Crippen LogP contribution is 2.37. The van der Waals surface area contributed by atoms with E-state index in [-0.39, 0.29) is 0 Å². The molecule has 3 aromatic heterocycles. The van der Waals surface area contributed by atoms with E-state index in [4.69, 9.17) is 9.72 Å². The number of aromatic nitrogens is 4. The van der Waals surface area contributed by atoms with Crippen LogP contribution in [0, 0.1) is 0 Å². The number of nitrogens with zero attached hydrogens (tertiary/aromatic N) is 3. The Morgan fingerprint density at radius 2 is 2.00 bits per heavy atom. The van der Waals surface area contributed by atoms with Crippen molar-refractivity contribution in [3.05, 3.63) is 60.2 Å². The summed E-state index contributed by atoms with van der Waals surface area (Å²) >= 11 is 1.70. The fourth-order valence-corrected chi connectivity index (χ4v) is 4.11. The minimum absolute atomic E-state index is 0.705. The topological polar surface area (TPSA) is 75.7 Å². The molecule has 5 rings (SSSR count). The lowest BCUT2D eigenvalue weighted by Crippen LogP contribution is -1.97. The van der Waals surface area contributed by atoms with Gasteiger partial charge in [-0.2, -0.15) is 5.10 Å². The van der Waals surface area contributed by atoms with Gasteiger partial charge in [-0.15, -0.1) is 11.3 Å². The van der Waals surface area contributed by atoms with Crippen molar-refractivity contribution >= 4 is 43.8 Å². The van der Waals surface area contributed by atoms with Crippen LogP contribution in [-0.2, 0) is 0 Å². The molecule has 27 heavy (non-hydrogen) atoms. The maximum Gasteiger partial charge on any atom is 0.157 e. The van der Waals surface area contributed by atoms with Crippen LogP contribution in [0.2, 0.25) is 0 Å². The van der Waals surface area contributed by atoms with Crippen LogP contribution in [0.15, 0.2) is 60.2 Å². The fourth-order valence-electron chi connectivity index (χ4n) is 3.18. The molecule has 0 amide bonds. The van der Waals surface area contributed by atoms with Gasteiger partial charge in [-0.1, -0.05) is 18.2 Å².